The van der Waals surface area contributed by atoms with Gasteiger partial charge in [0, 0.05) is 10.6 Å². The van der Waals surface area contributed by atoms with Crippen LogP contribution in [0.5, 0.6) is 5.75 Å². The zero-order valence-electron chi connectivity index (χ0n) is 12.9. The molecule has 4 nitrogen and oxygen atoms in total. The maximum atomic E-state index is 12.4. The molecule has 0 aliphatic heterocycles. The van der Waals surface area contributed by atoms with Crippen molar-refractivity contribution in [1.29, 1.82) is 0 Å². The van der Waals surface area contributed by atoms with Crippen molar-refractivity contribution in [3.8, 4) is 17.0 Å². The number of hydrogen-bond donors (Lipinski definition) is 1. The number of ether oxygens (including phenoxy) is 1. The molecule has 1 amide bonds. The Balaban J connectivity index is 1.69. The minimum Gasteiger partial charge on any atom is -0.481 e. The van der Waals surface area contributed by atoms with Gasteiger partial charge in [-0.05, 0) is 31.2 Å². The number of rotatable bonds is 5. The molecule has 0 spiro atoms. The highest BCUT2D eigenvalue weighted by Gasteiger charge is 2.18. The predicted octanol–water partition coefficient (Wildman–Crippen LogP) is 4.87. The third kappa shape index (κ3) is 3.93. The molecule has 0 saturated heterocycles. The SMILES string of the molecule is CC(Oc1ccc(Cl)cc1)C(=O)Nc1scnc1-c1ccccc1. The predicted molar refractivity (Wildman–Crippen MR) is 97.7 cm³/mol. The number of carbonyl (C=O) groups is 1. The average Bonchev–Trinajstić information content (AvgIpc) is 3.05. The second kappa shape index (κ2) is 7.47. The van der Waals surface area contributed by atoms with E-state index in [1.165, 1.54) is 11.3 Å². The van der Waals surface area contributed by atoms with Crippen molar-refractivity contribution in [3.63, 3.8) is 0 Å². The van der Waals surface area contributed by atoms with Crippen LogP contribution in [0, 0.1) is 0 Å². The number of nitrogens with zero attached hydrogens (tertiary/aromatic N) is 1. The number of benzene rings is 2. The van der Waals surface area contributed by atoms with E-state index in [4.69, 9.17) is 16.3 Å². The first-order valence-electron chi connectivity index (χ1n) is 7.35. The van der Waals surface area contributed by atoms with Crippen LogP contribution in [0.3, 0.4) is 0 Å². The van der Waals surface area contributed by atoms with Crippen molar-refractivity contribution in [2.45, 2.75) is 13.0 Å². The second-order valence-electron chi connectivity index (χ2n) is 5.10. The van der Waals surface area contributed by atoms with Crippen LogP contribution in [0.4, 0.5) is 5.00 Å². The van der Waals surface area contributed by atoms with E-state index in [1.807, 2.05) is 30.3 Å². The lowest BCUT2D eigenvalue weighted by Crippen LogP contribution is -2.30. The highest BCUT2D eigenvalue weighted by Crippen LogP contribution is 2.30. The van der Waals surface area contributed by atoms with E-state index in [0.717, 1.165) is 11.3 Å². The number of aromatic nitrogens is 1. The van der Waals surface area contributed by atoms with E-state index in [0.29, 0.717) is 15.8 Å². The van der Waals surface area contributed by atoms with E-state index < -0.39 is 6.10 Å². The van der Waals surface area contributed by atoms with Crippen LogP contribution in [0.25, 0.3) is 11.3 Å². The number of carbonyl (C=O) groups excluding carboxylic acids is 1. The summed E-state index contributed by atoms with van der Waals surface area (Å²) in [6, 6.07) is 16.6. The van der Waals surface area contributed by atoms with Gasteiger partial charge in [0.05, 0.1) is 5.51 Å². The number of amides is 1. The van der Waals surface area contributed by atoms with E-state index in [9.17, 15) is 4.79 Å². The molecule has 1 aromatic heterocycles. The number of nitrogens with one attached hydrogen (secondary N) is 1. The molecule has 1 heterocycles. The fourth-order valence-corrected chi connectivity index (χ4v) is 2.95. The van der Waals surface area contributed by atoms with E-state index in [-0.39, 0.29) is 5.91 Å². The van der Waals surface area contributed by atoms with Gasteiger partial charge in [-0.3, -0.25) is 4.79 Å². The van der Waals surface area contributed by atoms with Crippen LogP contribution in [-0.2, 0) is 4.79 Å². The summed E-state index contributed by atoms with van der Waals surface area (Å²) in [5, 5.41) is 4.21. The van der Waals surface area contributed by atoms with Gasteiger partial charge in [0.2, 0.25) is 0 Å². The molecule has 0 saturated carbocycles. The summed E-state index contributed by atoms with van der Waals surface area (Å²) in [6.07, 6.45) is -0.642. The smallest absolute Gasteiger partial charge is 0.265 e. The molecule has 0 fully saturated rings. The Morgan fingerprint density at radius 1 is 1.17 bits per heavy atom. The Kier molecular flexibility index (Phi) is 5.13. The maximum Gasteiger partial charge on any atom is 0.265 e. The summed E-state index contributed by atoms with van der Waals surface area (Å²) in [6.45, 7) is 1.70. The average molecular weight is 359 g/mol. The lowest BCUT2D eigenvalue weighted by molar-refractivity contribution is -0.122. The van der Waals surface area contributed by atoms with E-state index in [1.54, 1.807) is 36.7 Å². The Morgan fingerprint density at radius 2 is 1.88 bits per heavy atom. The molecule has 0 aliphatic carbocycles. The molecule has 0 radical (unpaired) electrons. The van der Waals surface area contributed by atoms with Crippen molar-refractivity contribution < 1.29 is 9.53 Å². The first kappa shape index (κ1) is 16.5. The molecule has 1 N–H and O–H groups in total. The third-order valence-electron chi connectivity index (χ3n) is 3.35. The molecule has 122 valence electrons. The van der Waals surface area contributed by atoms with Crippen molar-refractivity contribution in [3.05, 3.63) is 65.1 Å². The van der Waals surface area contributed by atoms with Gasteiger partial charge in [-0.2, -0.15) is 0 Å². The summed E-state index contributed by atoms with van der Waals surface area (Å²) >= 11 is 7.22. The lowest BCUT2D eigenvalue weighted by atomic mass is 10.2. The highest BCUT2D eigenvalue weighted by molar-refractivity contribution is 7.14. The van der Waals surface area contributed by atoms with Gasteiger partial charge in [0.15, 0.2) is 6.10 Å². The van der Waals surface area contributed by atoms with Crippen LogP contribution in [0.1, 0.15) is 6.92 Å². The molecule has 24 heavy (non-hydrogen) atoms. The van der Waals surface area contributed by atoms with Crippen LogP contribution >= 0.6 is 22.9 Å². The van der Waals surface area contributed by atoms with E-state index in [2.05, 4.69) is 10.3 Å². The maximum absolute atomic E-state index is 12.4. The molecule has 6 heteroatoms. The van der Waals surface area contributed by atoms with Gasteiger partial charge in [0.25, 0.3) is 5.91 Å². The van der Waals surface area contributed by atoms with Gasteiger partial charge in [-0.1, -0.05) is 41.9 Å². The number of hydrogen-bond acceptors (Lipinski definition) is 4. The van der Waals surface area contributed by atoms with Gasteiger partial charge in [-0.15, -0.1) is 11.3 Å². The molecule has 0 aliphatic rings. The van der Waals surface area contributed by atoms with Crippen molar-refractivity contribution in [1.82, 2.24) is 4.98 Å². The normalized spacial score (nSPS) is 11.8. The minimum atomic E-state index is -0.642. The largest absolute Gasteiger partial charge is 0.481 e. The zero-order chi connectivity index (χ0) is 16.9. The topological polar surface area (TPSA) is 51.2 Å². The molecule has 1 unspecified atom stereocenters. The molecule has 2 aromatic carbocycles. The van der Waals surface area contributed by atoms with Crippen LogP contribution in [0.2, 0.25) is 5.02 Å². The summed E-state index contributed by atoms with van der Waals surface area (Å²) in [7, 11) is 0. The van der Waals surface area contributed by atoms with Crippen LogP contribution < -0.4 is 10.1 Å². The standard InChI is InChI=1S/C18H15ClN2O2S/c1-12(23-15-9-7-14(19)8-10-15)17(22)21-18-16(20-11-24-18)13-5-3-2-4-6-13/h2-12H,1H3,(H,21,22). The quantitative estimate of drug-likeness (QED) is 0.707. The molecular weight excluding hydrogens is 344 g/mol. The third-order valence-corrected chi connectivity index (χ3v) is 4.34. The summed E-state index contributed by atoms with van der Waals surface area (Å²) in [5.41, 5.74) is 3.43. The van der Waals surface area contributed by atoms with Crippen molar-refractivity contribution >= 4 is 33.8 Å². The summed E-state index contributed by atoms with van der Waals surface area (Å²) in [5.74, 6) is 0.362. The Hall–Kier alpha value is -2.37. The lowest BCUT2D eigenvalue weighted by Gasteiger charge is -2.14. The molecule has 0 bridgehead atoms. The summed E-state index contributed by atoms with van der Waals surface area (Å²) in [4.78, 5) is 16.7. The Morgan fingerprint density at radius 3 is 2.58 bits per heavy atom. The molecular formula is C18H15ClN2O2S. The van der Waals surface area contributed by atoms with Crippen molar-refractivity contribution in [2.75, 3.05) is 5.32 Å². The Labute approximate surface area is 149 Å². The van der Waals surface area contributed by atoms with Gasteiger partial charge in [0.1, 0.15) is 16.4 Å². The number of halogens is 1. The fourth-order valence-electron chi connectivity index (χ4n) is 2.12. The van der Waals surface area contributed by atoms with Gasteiger partial charge in [-0.25, -0.2) is 4.98 Å². The van der Waals surface area contributed by atoms with Gasteiger partial charge < -0.3 is 10.1 Å². The Bertz CT molecular complexity index is 819. The fraction of sp³-hybridized carbons (Fsp3) is 0.111. The van der Waals surface area contributed by atoms with Crippen molar-refractivity contribution in [2.24, 2.45) is 0 Å². The monoisotopic (exact) mass is 358 g/mol. The van der Waals surface area contributed by atoms with E-state index >= 15 is 0 Å². The zero-order valence-corrected chi connectivity index (χ0v) is 14.5. The van der Waals surface area contributed by atoms with Crippen LogP contribution in [-0.4, -0.2) is 17.0 Å². The number of thiazole rings is 1. The minimum absolute atomic E-state index is 0.230. The molecule has 1 atom stereocenters. The molecule has 3 aromatic rings. The van der Waals surface area contributed by atoms with Gasteiger partial charge >= 0.3 is 0 Å². The highest BCUT2D eigenvalue weighted by atomic mass is 35.5. The second-order valence-corrected chi connectivity index (χ2v) is 6.39. The molecule has 3 rings (SSSR count). The summed E-state index contributed by atoms with van der Waals surface area (Å²) < 4.78 is 5.64. The first-order valence-corrected chi connectivity index (χ1v) is 8.61. The van der Waals surface area contributed by atoms with Crippen LogP contribution in [0.15, 0.2) is 60.1 Å². The first-order chi connectivity index (χ1) is 11.6. The number of anilines is 1.